The van der Waals surface area contributed by atoms with Crippen LogP contribution in [0.15, 0.2) is 54.7 Å². The Balaban J connectivity index is 1.58. The first-order valence-electron chi connectivity index (χ1n) is 10.7. The summed E-state index contributed by atoms with van der Waals surface area (Å²) in [5.74, 6) is 0.625. The van der Waals surface area contributed by atoms with E-state index in [2.05, 4.69) is 21.5 Å². The van der Waals surface area contributed by atoms with Crippen LogP contribution in [0, 0.1) is 5.82 Å². The monoisotopic (exact) mass is 428 g/mol. The topological polar surface area (TPSA) is 70.1 Å². The van der Waals surface area contributed by atoms with E-state index in [9.17, 15) is 4.39 Å². The second kappa shape index (κ2) is 7.40. The predicted molar refractivity (Wildman–Crippen MR) is 118 cm³/mol. The molecule has 2 aromatic carbocycles. The van der Waals surface area contributed by atoms with Gasteiger partial charge in [0.1, 0.15) is 18.1 Å². The molecule has 3 aromatic heterocycles. The van der Waals surface area contributed by atoms with Crippen molar-refractivity contribution in [2.75, 3.05) is 0 Å². The molecule has 0 saturated heterocycles. The van der Waals surface area contributed by atoms with Crippen LogP contribution in [0.4, 0.5) is 4.39 Å². The zero-order valence-corrected chi connectivity index (χ0v) is 17.6. The van der Waals surface area contributed by atoms with Crippen molar-refractivity contribution in [3.63, 3.8) is 0 Å². The van der Waals surface area contributed by atoms with Crippen LogP contribution in [0.3, 0.4) is 0 Å². The Bertz CT molecular complexity index is 1450. The summed E-state index contributed by atoms with van der Waals surface area (Å²) in [4.78, 5) is 4.83. The van der Waals surface area contributed by atoms with E-state index in [4.69, 9.17) is 9.72 Å². The van der Waals surface area contributed by atoms with E-state index in [1.54, 1.807) is 33.6 Å². The zero-order chi connectivity index (χ0) is 21.7. The molecule has 0 radical (unpaired) electrons. The summed E-state index contributed by atoms with van der Waals surface area (Å²) >= 11 is 0. The molecule has 0 bridgehead atoms. The van der Waals surface area contributed by atoms with Crippen molar-refractivity contribution in [2.45, 2.75) is 31.8 Å². The molecule has 0 amide bonds. The van der Waals surface area contributed by atoms with E-state index in [0.717, 1.165) is 29.4 Å². The van der Waals surface area contributed by atoms with Gasteiger partial charge in [0, 0.05) is 18.8 Å². The molecule has 8 heteroatoms. The van der Waals surface area contributed by atoms with Gasteiger partial charge in [0.15, 0.2) is 5.65 Å². The van der Waals surface area contributed by atoms with Crippen molar-refractivity contribution in [3.05, 3.63) is 71.8 Å². The smallest absolute Gasteiger partial charge is 0.225 e. The van der Waals surface area contributed by atoms with E-state index < -0.39 is 0 Å². The normalized spacial score (nSPS) is 14.2. The Hall–Kier alpha value is -3.81. The van der Waals surface area contributed by atoms with Crippen LogP contribution >= 0.6 is 0 Å². The first-order valence-corrected chi connectivity index (χ1v) is 10.7. The van der Waals surface area contributed by atoms with Gasteiger partial charge in [0.2, 0.25) is 5.88 Å². The highest BCUT2D eigenvalue weighted by Gasteiger charge is 2.26. The highest BCUT2D eigenvalue weighted by Crippen LogP contribution is 2.42. The van der Waals surface area contributed by atoms with Gasteiger partial charge >= 0.3 is 0 Å². The number of hydrogen-bond donors (Lipinski definition) is 0. The fourth-order valence-electron chi connectivity index (χ4n) is 4.34. The Morgan fingerprint density at radius 2 is 1.97 bits per heavy atom. The third-order valence-corrected chi connectivity index (χ3v) is 6.32. The van der Waals surface area contributed by atoms with Gasteiger partial charge in [-0.2, -0.15) is 14.6 Å². The van der Waals surface area contributed by atoms with Crippen molar-refractivity contribution in [2.24, 2.45) is 7.05 Å². The molecule has 32 heavy (non-hydrogen) atoms. The number of hydrogen-bond acceptors (Lipinski definition) is 5. The lowest BCUT2D eigenvalue weighted by Crippen LogP contribution is -2.11. The summed E-state index contributed by atoms with van der Waals surface area (Å²) < 4.78 is 24.3. The first kappa shape index (κ1) is 18.9. The third-order valence-electron chi connectivity index (χ3n) is 6.32. The van der Waals surface area contributed by atoms with Gasteiger partial charge in [0.05, 0.1) is 16.6 Å². The summed E-state index contributed by atoms with van der Waals surface area (Å²) in [6.45, 7) is 0.324. The molecule has 160 valence electrons. The van der Waals surface area contributed by atoms with Gasteiger partial charge in [-0.3, -0.25) is 4.68 Å². The standard InChI is InChI=1S/C24H21FN6O/c1-30-16(12-13-26-30)14-32-24-21-17(15-6-4-7-15)9-5-11-20(21)31-23(27-24)22(28-29-31)18-8-2-3-10-19(18)25/h2-3,5,8-13,15H,4,6-7,14H2,1H3. The minimum absolute atomic E-state index is 0.324. The number of aromatic nitrogens is 6. The van der Waals surface area contributed by atoms with Gasteiger partial charge in [0.25, 0.3) is 0 Å². The number of aryl methyl sites for hydroxylation is 1. The molecule has 1 aliphatic rings. The third kappa shape index (κ3) is 2.94. The van der Waals surface area contributed by atoms with Crippen LogP contribution in [0.1, 0.15) is 36.4 Å². The minimum atomic E-state index is -0.364. The first-order chi connectivity index (χ1) is 15.7. The molecule has 1 aliphatic carbocycles. The van der Waals surface area contributed by atoms with Crippen molar-refractivity contribution in [3.8, 4) is 17.1 Å². The Kier molecular flexibility index (Phi) is 4.38. The van der Waals surface area contributed by atoms with E-state index in [1.165, 1.54) is 18.1 Å². The lowest BCUT2D eigenvalue weighted by molar-refractivity contribution is 0.287. The molecule has 0 spiro atoms. The molecule has 6 rings (SSSR count). The maximum Gasteiger partial charge on any atom is 0.225 e. The molecular weight excluding hydrogens is 407 g/mol. The van der Waals surface area contributed by atoms with Gasteiger partial charge in [-0.1, -0.05) is 35.9 Å². The van der Waals surface area contributed by atoms with E-state index in [0.29, 0.717) is 35.3 Å². The number of ether oxygens (including phenoxy) is 1. The maximum absolute atomic E-state index is 14.6. The van der Waals surface area contributed by atoms with Crippen LogP contribution in [0.25, 0.3) is 27.8 Å². The molecule has 1 saturated carbocycles. The Morgan fingerprint density at radius 3 is 2.72 bits per heavy atom. The minimum Gasteiger partial charge on any atom is -0.471 e. The van der Waals surface area contributed by atoms with E-state index >= 15 is 0 Å². The van der Waals surface area contributed by atoms with Crippen LogP contribution in [-0.4, -0.2) is 29.6 Å². The van der Waals surface area contributed by atoms with Gasteiger partial charge < -0.3 is 4.74 Å². The highest BCUT2D eigenvalue weighted by atomic mass is 19.1. The zero-order valence-electron chi connectivity index (χ0n) is 17.6. The molecular formula is C24H21FN6O. The van der Waals surface area contributed by atoms with E-state index in [-0.39, 0.29) is 5.82 Å². The summed E-state index contributed by atoms with van der Waals surface area (Å²) in [6, 6.07) is 14.6. The SMILES string of the molecule is Cn1nccc1COc1nc2c(-c3ccccc3F)nnn2c2cccc(C3CCC3)c12. The van der Waals surface area contributed by atoms with Crippen molar-refractivity contribution in [1.82, 2.24) is 29.6 Å². The average molecular weight is 428 g/mol. The average Bonchev–Trinajstić information content (AvgIpc) is 3.37. The van der Waals surface area contributed by atoms with E-state index in [1.807, 2.05) is 25.2 Å². The Morgan fingerprint density at radius 1 is 1.09 bits per heavy atom. The van der Waals surface area contributed by atoms with Crippen LogP contribution in [0.5, 0.6) is 5.88 Å². The van der Waals surface area contributed by atoms with Crippen molar-refractivity contribution >= 4 is 16.6 Å². The number of nitrogens with zero attached hydrogens (tertiary/aromatic N) is 6. The fraction of sp³-hybridized carbons (Fsp3) is 0.250. The summed E-state index contributed by atoms with van der Waals surface area (Å²) in [5.41, 5.74) is 4.22. The molecule has 7 nitrogen and oxygen atoms in total. The summed E-state index contributed by atoms with van der Waals surface area (Å²) in [7, 11) is 1.88. The lowest BCUT2D eigenvalue weighted by atomic mass is 9.79. The number of halogens is 1. The predicted octanol–water partition coefficient (Wildman–Crippen LogP) is 4.66. The van der Waals surface area contributed by atoms with Crippen LogP contribution in [0.2, 0.25) is 0 Å². The maximum atomic E-state index is 14.6. The van der Waals surface area contributed by atoms with Crippen LogP contribution in [-0.2, 0) is 13.7 Å². The Labute approximate surface area is 183 Å². The summed E-state index contributed by atoms with van der Waals surface area (Å²) in [6.07, 6.45) is 5.26. The molecule has 1 fully saturated rings. The molecule has 0 unspecified atom stereocenters. The second-order valence-electron chi connectivity index (χ2n) is 8.17. The summed E-state index contributed by atoms with van der Waals surface area (Å²) in [5, 5.41) is 13.8. The number of fused-ring (bicyclic) bond motifs is 3. The molecule has 0 aliphatic heterocycles. The van der Waals surface area contributed by atoms with Crippen LogP contribution < -0.4 is 4.74 Å². The molecule has 3 heterocycles. The molecule has 0 atom stereocenters. The van der Waals surface area contributed by atoms with Gasteiger partial charge in [-0.25, -0.2) is 4.39 Å². The lowest BCUT2D eigenvalue weighted by Gasteiger charge is -2.27. The molecule has 0 N–H and O–H groups in total. The van der Waals surface area contributed by atoms with Crippen molar-refractivity contribution in [1.29, 1.82) is 0 Å². The van der Waals surface area contributed by atoms with Gasteiger partial charge in [-0.05, 0) is 48.6 Å². The highest BCUT2D eigenvalue weighted by molar-refractivity contribution is 5.91. The number of rotatable bonds is 5. The van der Waals surface area contributed by atoms with Crippen molar-refractivity contribution < 1.29 is 9.13 Å². The largest absolute Gasteiger partial charge is 0.471 e. The molecule has 5 aromatic rings. The quantitative estimate of drug-likeness (QED) is 0.407. The number of benzene rings is 2. The second-order valence-corrected chi connectivity index (χ2v) is 8.17. The van der Waals surface area contributed by atoms with Gasteiger partial charge in [-0.15, -0.1) is 5.10 Å². The fourth-order valence-corrected chi connectivity index (χ4v) is 4.34.